The van der Waals surface area contributed by atoms with E-state index in [9.17, 15) is 4.79 Å². The molecule has 0 aliphatic rings. The summed E-state index contributed by atoms with van der Waals surface area (Å²) in [6, 6.07) is 13.4. The summed E-state index contributed by atoms with van der Waals surface area (Å²) in [5, 5.41) is 0.623. The zero-order valence-electron chi connectivity index (χ0n) is 11.4. The summed E-state index contributed by atoms with van der Waals surface area (Å²) >= 11 is 7.80. The Morgan fingerprint density at radius 1 is 1.20 bits per heavy atom. The second-order valence-electron chi connectivity index (χ2n) is 4.34. The van der Waals surface area contributed by atoms with E-state index in [1.807, 2.05) is 42.5 Å². The Morgan fingerprint density at radius 2 is 1.90 bits per heavy atom. The fourth-order valence-electron chi connectivity index (χ4n) is 1.75. The number of carbonyl (C=O) groups excluding carboxylic acids is 1. The lowest BCUT2D eigenvalue weighted by Gasteiger charge is -2.06. The van der Waals surface area contributed by atoms with E-state index in [4.69, 9.17) is 16.3 Å². The SMILES string of the molecule is COc1ccc(CSc2ccc(C(C)=O)cc2)cc1Cl. The molecule has 2 rings (SSSR count). The van der Waals surface area contributed by atoms with Gasteiger partial charge in [-0.15, -0.1) is 11.8 Å². The Labute approximate surface area is 128 Å². The molecule has 0 unspecified atom stereocenters. The van der Waals surface area contributed by atoms with Gasteiger partial charge in [-0.3, -0.25) is 4.79 Å². The monoisotopic (exact) mass is 306 g/mol. The zero-order valence-corrected chi connectivity index (χ0v) is 12.9. The molecule has 0 aromatic heterocycles. The third-order valence-corrected chi connectivity index (χ3v) is 4.26. The molecule has 104 valence electrons. The molecule has 0 bridgehead atoms. The predicted octanol–water partition coefficient (Wildman–Crippen LogP) is 4.84. The van der Waals surface area contributed by atoms with Crippen LogP contribution in [0, 0.1) is 0 Å². The van der Waals surface area contributed by atoms with Gasteiger partial charge in [-0.2, -0.15) is 0 Å². The topological polar surface area (TPSA) is 26.3 Å². The molecule has 4 heteroatoms. The van der Waals surface area contributed by atoms with Crippen molar-refractivity contribution in [3.63, 3.8) is 0 Å². The minimum Gasteiger partial charge on any atom is -0.495 e. The first kappa shape index (κ1) is 14.9. The Bertz CT molecular complexity index is 608. The Hall–Kier alpha value is -1.45. The van der Waals surface area contributed by atoms with E-state index >= 15 is 0 Å². The molecule has 0 fully saturated rings. The van der Waals surface area contributed by atoms with Crippen LogP contribution in [0.25, 0.3) is 0 Å². The average molecular weight is 307 g/mol. The van der Waals surface area contributed by atoms with Gasteiger partial charge in [-0.1, -0.05) is 29.8 Å². The number of Topliss-reactive ketones (excluding diaryl/α,β-unsaturated/α-hetero) is 1. The number of benzene rings is 2. The maximum absolute atomic E-state index is 11.2. The van der Waals surface area contributed by atoms with Gasteiger partial charge in [0.05, 0.1) is 12.1 Å². The fraction of sp³-hybridized carbons (Fsp3) is 0.188. The van der Waals surface area contributed by atoms with Crippen LogP contribution in [0.5, 0.6) is 5.75 Å². The molecule has 0 atom stereocenters. The van der Waals surface area contributed by atoms with Crippen molar-refractivity contribution in [1.82, 2.24) is 0 Å². The van der Waals surface area contributed by atoms with Gasteiger partial charge < -0.3 is 4.74 Å². The molecule has 0 saturated carbocycles. The summed E-state index contributed by atoms with van der Waals surface area (Å²) in [5.41, 5.74) is 1.87. The number of hydrogen-bond acceptors (Lipinski definition) is 3. The normalized spacial score (nSPS) is 10.3. The summed E-state index contributed by atoms with van der Waals surface area (Å²) in [4.78, 5) is 12.3. The first-order valence-electron chi connectivity index (χ1n) is 6.16. The highest BCUT2D eigenvalue weighted by molar-refractivity contribution is 7.98. The van der Waals surface area contributed by atoms with E-state index < -0.39 is 0 Å². The molecule has 0 aliphatic heterocycles. The molecular weight excluding hydrogens is 292 g/mol. The second kappa shape index (κ2) is 6.82. The van der Waals surface area contributed by atoms with E-state index in [0.717, 1.165) is 21.8 Å². The molecule has 0 saturated heterocycles. The van der Waals surface area contributed by atoms with Crippen LogP contribution in [0.2, 0.25) is 5.02 Å². The maximum Gasteiger partial charge on any atom is 0.159 e. The minimum atomic E-state index is 0.0866. The molecule has 2 aromatic carbocycles. The van der Waals surface area contributed by atoms with Crippen molar-refractivity contribution < 1.29 is 9.53 Å². The Kier molecular flexibility index (Phi) is 5.10. The summed E-state index contributed by atoms with van der Waals surface area (Å²) in [5.74, 6) is 1.60. The number of ketones is 1. The zero-order chi connectivity index (χ0) is 14.5. The van der Waals surface area contributed by atoms with Gasteiger partial charge in [0.2, 0.25) is 0 Å². The molecule has 0 aliphatic carbocycles. The van der Waals surface area contributed by atoms with Crippen LogP contribution in [0.4, 0.5) is 0 Å². The van der Waals surface area contributed by atoms with Gasteiger partial charge >= 0.3 is 0 Å². The summed E-state index contributed by atoms with van der Waals surface area (Å²) in [6.07, 6.45) is 0. The smallest absolute Gasteiger partial charge is 0.159 e. The van der Waals surface area contributed by atoms with E-state index in [2.05, 4.69) is 0 Å². The van der Waals surface area contributed by atoms with Crippen molar-refractivity contribution >= 4 is 29.1 Å². The number of methoxy groups -OCH3 is 1. The minimum absolute atomic E-state index is 0.0866. The van der Waals surface area contributed by atoms with E-state index in [-0.39, 0.29) is 5.78 Å². The molecule has 0 amide bonds. The lowest BCUT2D eigenvalue weighted by Crippen LogP contribution is -1.90. The van der Waals surface area contributed by atoms with Crippen LogP contribution in [0.1, 0.15) is 22.8 Å². The standard InChI is InChI=1S/C16H15ClO2S/c1-11(18)13-4-6-14(7-5-13)20-10-12-3-8-16(19-2)15(17)9-12/h3-9H,10H2,1-2H3. The summed E-state index contributed by atoms with van der Waals surface area (Å²) in [6.45, 7) is 1.57. The van der Waals surface area contributed by atoms with Gasteiger partial charge in [0.25, 0.3) is 0 Å². The molecule has 2 nitrogen and oxygen atoms in total. The van der Waals surface area contributed by atoms with Crippen molar-refractivity contribution in [2.45, 2.75) is 17.6 Å². The maximum atomic E-state index is 11.2. The fourth-order valence-corrected chi connectivity index (χ4v) is 2.87. The van der Waals surface area contributed by atoms with Crippen molar-refractivity contribution in [2.24, 2.45) is 0 Å². The lowest BCUT2D eigenvalue weighted by molar-refractivity contribution is 0.101. The number of rotatable bonds is 5. The van der Waals surface area contributed by atoms with Crippen LogP contribution in [-0.4, -0.2) is 12.9 Å². The molecule has 0 N–H and O–H groups in total. The van der Waals surface area contributed by atoms with Crippen LogP contribution in [0.15, 0.2) is 47.4 Å². The Balaban J connectivity index is 2.01. The van der Waals surface area contributed by atoms with Crippen LogP contribution >= 0.6 is 23.4 Å². The van der Waals surface area contributed by atoms with Gasteiger partial charge in [-0.25, -0.2) is 0 Å². The molecule has 0 heterocycles. The summed E-state index contributed by atoms with van der Waals surface area (Å²) < 4.78 is 5.13. The number of halogens is 1. The van der Waals surface area contributed by atoms with Gasteiger partial charge in [0, 0.05) is 16.2 Å². The number of ether oxygens (including phenoxy) is 1. The number of thioether (sulfide) groups is 1. The first-order chi connectivity index (χ1) is 9.60. The molecule has 0 spiro atoms. The largest absolute Gasteiger partial charge is 0.495 e. The number of carbonyl (C=O) groups is 1. The number of hydrogen-bond donors (Lipinski definition) is 0. The quantitative estimate of drug-likeness (QED) is 0.584. The highest BCUT2D eigenvalue weighted by atomic mass is 35.5. The molecule has 20 heavy (non-hydrogen) atoms. The summed E-state index contributed by atoms with van der Waals surface area (Å²) in [7, 11) is 1.60. The predicted molar refractivity (Wildman–Crippen MR) is 84.0 cm³/mol. The second-order valence-corrected chi connectivity index (χ2v) is 5.79. The van der Waals surface area contributed by atoms with Crippen LogP contribution < -0.4 is 4.74 Å². The van der Waals surface area contributed by atoms with E-state index in [0.29, 0.717) is 10.8 Å². The third kappa shape index (κ3) is 3.78. The Morgan fingerprint density at radius 3 is 2.45 bits per heavy atom. The van der Waals surface area contributed by atoms with Crippen molar-refractivity contribution in [3.05, 3.63) is 58.6 Å². The molecule has 2 aromatic rings. The van der Waals surface area contributed by atoms with E-state index in [1.54, 1.807) is 25.8 Å². The van der Waals surface area contributed by atoms with Gasteiger partial charge in [-0.05, 0) is 36.8 Å². The van der Waals surface area contributed by atoms with Gasteiger partial charge in [0.15, 0.2) is 5.78 Å². The average Bonchev–Trinajstić information content (AvgIpc) is 2.45. The third-order valence-electron chi connectivity index (χ3n) is 2.88. The van der Waals surface area contributed by atoms with Crippen molar-refractivity contribution in [1.29, 1.82) is 0 Å². The van der Waals surface area contributed by atoms with Gasteiger partial charge in [0.1, 0.15) is 5.75 Å². The van der Waals surface area contributed by atoms with E-state index in [1.165, 1.54) is 0 Å². The first-order valence-corrected chi connectivity index (χ1v) is 7.52. The highest BCUT2D eigenvalue weighted by Crippen LogP contribution is 2.29. The lowest BCUT2D eigenvalue weighted by atomic mass is 10.2. The van der Waals surface area contributed by atoms with Crippen LogP contribution in [-0.2, 0) is 5.75 Å². The molecule has 0 radical (unpaired) electrons. The van der Waals surface area contributed by atoms with Crippen molar-refractivity contribution in [2.75, 3.05) is 7.11 Å². The highest BCUT2D eigenvalue weighted by Gasteiger charge is 2.03. The molecular formula is C16H15ClO2S. The van der Waals surface area contributed by atoms with Crippen molar-refractivity contribution in [3.8, 4) is 5.75 Å². The van der Waals surface area contributed by atoms with Crippen LogP contribution in [0.3, 0.4) is 0 Å².